The summed E-state index contributed by atoms with van der Waals surface area (Å²) in [5, 5.41) is 0. The number of benzene rings is 1. The van der Waals surface area contributed by atoms with E-state index in [1.807, 2.05) is 4.57 Å². The van der Waals surface area contributed by atoms with Crippen LogP contribution >= 0.6 is 0 Å². The minimum absolute atomic E-state index is 0.238. The number of hydrogen-bond acceptors (Lipinski definition) is 5. The van der Waals surface area contributed by atoms with Gasteiger partial charge in [-0.1, -0.05) is 19.1 Å². The average molecular weight is 440 g/mol. The number of nitrogens with zero attached hydrogens (tertiary/aromatic N) is 5. The van der Waals surface area contributed by atoms with E-state index in [1.165, 1.54) is 19.6 Å². The molecule has 170 valence electrons. The molecule has 0 unspecified atom stereocenters. The van der Waals surface area contributed by atoms with Crippen LogP contribution in [0.2, 0.25) is 0 Å². The first-order chi connectivity index (χ1) is 15.6. The molecule has 0 amide bonds. The SMILES string of the molecule is CCc1ccc(N2CCCn3c2nc2c3c(=O)n(CC[NH+]3CCOCC3)c(=O)n2C)cc1. The first kappa shape index (κ1) is 21.0. The minimum atomic E-state index is -0.301. The normalized spacial score (nSPS) is 17.1. The molecule has 1 saturated heterocycles. The Morgan fingerprint density at radius 3 is 2.56 bits per heavy atom. The maximum Gasteiger partial charge on any atom is 0.332 e. The van der Waals surface area contributed by atoms with E-state index in [-0.39, 0.29) is 11.2 Å². The Bertz CT molecular complexity index is 1230. The second-order valence-electron chi connectivity index (χ2n) is 8.67. The maximum atomic E-state index is 13.5. The molecule has 2 aliphatic heterocycles. The number of imidazole rings is 1. The highest BCUT2D eigenvalue weighted by atomic mass is 16.5. The van der Waals surface area contributed by atoms with Crippen molar-refractivity contribution in [3.63, 3.8) is 0 Å². The summed E-state index contributed by atoms with van der Waals surface area (Å²) in [6.07, 6.45) is 1.90. The lowest BCUT2D eigenvalue weighted by Gasteiger charge is -2.29. The number of nitrogens with one attached hydrogen (secondary N) is 1. The van der Waals surface area contributed by atoms with E-state index < -0.39 is 0 Å². The molecular formula is C23H31N6O3+. The van der Waals surface area contributed by atoms with Gasteiger partial charge in [-0.3, -0.25) is 13.9 Å². The number of aryl methyl sites for hydroxylation is 3. The van der Waals surface area contributed by atoms with Crippen LogP contribution in [0.3, 0.4) is 0 Å². The Kier molecular flexibility index (Phi) is 5.60. The van der Waals surface area contributed by atoms with E-state index in [1.54, 1.807) is 7.05 Å². The molecule has 0 bridgehead atoms. The van der Waals surface area contributed by atoms with Crippen molar-refractivity contribution < 1.29 is 9.64 Å². The summed E-state index contributed by atoms with van der Waals surface area (Å²) in [6.45, 7) is 8.10. The van der Waals surface area contributed by atoms with Gasteiger partial charge in [-0.15, -0.1) is 0 Å². The fourth-order valence-corrected chi connectivity index (χ4v) is 4.80. The molecular weight excluding hydrogens is 408 g/mol. The molecule has 0 saturated carbocycles. The Morgan fingerprint density at radius 2 is 1.84 bits per heavy atom. The van der Waals surface area contributed by atoms with Gasteiger partial charge in [0.2, 0.25) is 5.95 Å². The monoisotopic (exact) mass is 439 g/mol. The lowest BCUT2D eigenvalue weighted by atomic mass is 10.1. The maximum absolute atomic E-state index is 13.5. The Labute approximate surface area is 186 Å². The Morgan fingerprint density at radius 1 is 1.09 bits per heavy atom. The van der Waals surface area contributed by atoms with Crippen molar-refractivity contribution in [2.45, 2.75) is 32.9 Å². The van der Waals surface area contributed by atoms with Crippen molar-refractivity contribution in [1.82, 2.24) is 18.7 Å². The van der Waals surface area contributed by atoms with E-state index in [2.05, 4.69) is 36.1 Å². The lowest BCUT2D eigenvalue weighted by molar-refractivity contribution is -0.908. The summed E-state index contributed by atoms with van der Waals surface area (Å²) in [6, 6.07) is 8.48. The fourth-order valence-electron chi connectivity index (χ4n) is 4.80. The van der Waals surface area contributed by atoms with Crippen molar-refractivity contribution in [3.8, 4) is 0 Å². The van der Waals surface area contributed by atoms with Crippen LogP contribution in [0.5, 0.6) is 0 Å². The van der Waals surface area contributed by atoms with E-state index in [4.69, 9.17) is 9.72 Å². The van der Waals surface area contributed by atoms with E-state index in [0.717, 1.165) is 70.4 Å². The molecule has 0 aliphatic carbocycles. The Hall–Kier alpha value is -2.91. The summed E-state index contributed by atoms with van der Waals surface area (Å²) < 4.78 is 10.3. The minimum Gasteiger partial charge on any atom is -0.370 e. The van der Waals surface area contributed by atoms with Crippen molar-refractivity contribution in [1.29, 1.82) is 0 Å². The smallest absolute Gasteiger partial charge is 0.332 e. The zero-order valence-electron chi connectivity index (χ0n) is 18.8. The zero-order valence-corrected chi connectivity index (χ0v) is 18.8. The molecule has 9 nitrogen and oxygen atoms in total. The number of hydrogen-bond donors (Lipinski definition) is 1. The lowest BCUT2D eigenvalue weighted by Crippen LogP contribution is -3.14. The van der Waals surface area contributed by atoms with Gasteiger partial charge in [0.1, 0.15) is 13.1 Å². The number of aromatic nitrogens is 4. The number of morpholine rings is 1. The van der Waals surface area contributed by atoms with Crippen molar-refractivity contribution >= 4 is 22.8 Å². The molecule has 1 fully saturated rings. The zero-order chi connectivity index (χ0) is 22.2. The topological polar surface area (TPSA) is 78.7 Å². The third kappa shape index (κ3) is 3.55. The molecule has 5 rings (SSSR count). The van der Waals surface area contributed by atoms with Gasteiger partial charge in [0.25, 0.3) is 5.56 Å². The molecule has 0 radical (unpaired) electrons. The molecule has 2 aromatic heterocycles. The highest BCUT2D eigenvalue weighted by Gasteiger charge is 2.27. The van der Waals surface area contributed by atoms with Gasteiger partial charge in [0.05, 0.1) is 26.3 Å². The van der Waals surface area contributed by atoms with Crippen LogP contribution in [0.25, 0.3) is 11.2 Å². The van der Waals surface area contributed by atoms with Gasteiger partial charge in [-0.2, -0.15) is 4.98 Å². The summed E-state index contributed by atoms with van der Waals surface area (Å²) in [5.74, 6) is 0.735. The number of ether oxygens (including phenoxy) is 1. The summed E-state index contributed by atoms with van der Waals surface area (Å²) >= 11 is 0. The highest BCUT2D eigenvalue weighted by Crippen LogP contribution is 2.31. The predicted molar refractivity (Wildman–Crippen MR) is 123 cm³/mol. The van der Waals surface area contributed by atoms with E-state index in [0.29, 0.717) is 17.7 Å². The number of anilines is 2. The molecule has 4 heterocycles. The summed E-state index contributed by atoms with van der Waals surface area (Å²) in [7, 11) is 1.71. The standard InChI is InChI=1S/C23H30N6O3/c1-3-17-5-7-18(8-6-17)27-9-4-10-28-19-20(24-22(27)28)25(2)23(31)29(21(19)30)12-11-26-13-15-32-16-14-26/h5-8H,3-4,9-16H2,1-2H3/p+1. The van der Waals surface area contributed by atoms with Crippen LogP contribution in [0.1, 0.15) is 18.9 Å². The Balaban J connectivity index is 1.56. The highest BCUT2D eigenvalue weighted by molar-refractivity contribution is 5.77. The van der Waals surface area contributed by atoms with Crippen molar-refractivity contribution in [3.05, 3.63) is 50.7 Å². The first-order valence-electron chi connectivity index (χ1n) is 11.6. The summed E-state index contributed by atoms with van der Waals surface area (Å²) in [5.41, 5.74) is 2.78. The van der Waals surface area contributed by atoms with Crippen LogP contribution in [-0.4, -0.2) is 58.1 Å². The number of quaternary nitrogens is 1. The first-order valence-corrected chi connectivity index (χ1v) is 11.6. The van der Waals surface area contributed by atoms with Crippen LogP contribution < -0.4 is 21.0 Å². The van der Waals surface area contributed by atoms with Crippen LogP contribution in [0, 0.1) is 0 Å². The molecule has 32 heavy (non-hydrogen) atoms. The molecule has 0 atom stereocenters. The average Bonchev–Trinajstić information content (AvgIpc) is 3.23. The van der Waals surface area contributed by atoms with Gasteiger partial charge in [-0.25, -0.2) is 4.79 Å². The van der Waals surface area contributed by atoms with Crippen LogP contribution in [-0.2, 0) is 31.3 Å². The fraction of sp³-hybridized carbons (Fsp3) is 0.522. The molecule has 3 aromatic rings. The second-order valence-corrected chi connectivity index (χ2v) is 8.67. The number of fused-ring (bicyclic) bond motifs is 3. The third-order valence-corrected chi connectivity index (χ3v) is 6.76. The van der Waals surface area contributed by atoms with Crippen molar-refractivity contribution in [2.24, 2.45) is 7.05 Å². The van der Waals surface area contributed by atoms with Gasteiger partial charge in [0.15, 0.2) is 11.2 Å². The predicted octanol–water partition coefficient (Wildman–Crippen LogP) is -0.0840. The third-order valence-electron chi connectivity index (χ3n) is 6.76. The van der Waals surface area contributed by atoms with Crippen LogP contribution in [0.15, 0.2) is 33.9 Å². The van der Waals surface area contributed by atoms with Gasteiger partial charge >= 0.3 is 5.69 Å². The van der Waals surface area contributed by atoms with Gasteiger partial charge < -0.3 is 19.1 Å². The van der Waals surface area contributed by atoms with Gasteiger partial charge in [-0.05, 0) is 30.5 Å². The number of rotatable bonds is 5. The molecule has 1 aromatic carbocycles. The van der Waals surface area contributed by atoms with E-state index >= 15 is 0 Å². The van der Waals surface area contributed by atoms with Crippen molar-refractivity contribution in [2.75, 3.05) is 44.3 Å². The molecule has 2 aliphatic rings. The molecule has 1 N–H and O–H groups in total. The molecule has 0 spiro atoms. The largest absolute Gasteiger partial charge is 0.370 e. The van der Waals surface area contributed by atoms with E-state index in [9.17, 15) is 9.59 Å². The van der Waals surface area contributed by atoms with Gasteiger partial charge in [0, 0.05) is 25.8 Å². The van der Waals surface area contributed by atoms with Crippen LogP contribution in [0.4, 0.5) is 11.6 Å². The second kappa shape index (κ2) is 8.55. The quantitative estimate of drug-likeness (QED) is 0.602. The molecule has 9 heteroatoms. The summed E-state index contributed by atoms with van der Waals surface area (Å²) in [4.78, 5) is 34.8.